The molecule has 0 aliphatic carbocycles. The number of fused-ring (bicyclic) bond motifs is 1. The van der Waals surface area contributed by atoms with Gasteiger partial charge in [0, 0.05) is 38.9 Å². The van der Waals surface area contributed by atoms with Gasteiger partial charge in [-0.05, 0) is 45.2 Å². The molecule has 0 saturated heterocycles. The van der Waals surface area contributed by atoms with Gasteiger partial charge in [0.25, 0.3) is 5.91 Å². The van der Waals surface area contributed by atoms with E-state index in [0.29, 0.717) is 38.4 Å². The van der Waals surface area contributed by atoms with Gasteiger partial charge in [0.15, 0.2) is 0 Å². The molecule has 0 atom stereocenters. The molecule has 0 radical (unpaired) electrons. The van der Waals surface area contributed by atoms with Crippen LogP contribution in [0.1, 0.15) is 55.2 Å². The van der Waals surface area contributed by atoms with Crippen molar-refractivity contribution in [3.8, 4) is 0 Å². The van der Waals surface area contributed by atoms with E-state index in [1.807, 2.05) is 38.2 Å². The molecule has 148 valence electrons. The third kappa shape index (κ3) is 6.67. The molecule has 27 heavy (non-hydrogen) atoms. The highest BCUT2D eigenvalue weighted by atomic mass is 16.5. The molecule has 0 fully saturated rings. The quantitative estimate of drug-likeness (QED) is 0.559. The van der Waals surface area contributed by atoms with Crippen molar-refractivity contribution in [3.63, 3.8) is 0 Å². The number of hydrogen-bond acceptors (Lipinski definition) is 4. The summed E-state index contributed by atoms with van der Waals surface area (Å²) >= 11 is 0. The van der Waals surface area contributed by atoms with Crippen LogP contribution in [0.2, 0.25) is 0 Å². The van der Waals surface area contributed by atoms with Crippen molar-refractivity contribution in [2.45, 2.75) is 46.0 Å². The number of unbranched alkanes of at least 4 members (excludes halogenated alkanes) is 2. The molecular weight excluding hydrogens is 344 g/mol. The molecule has 2 aromatic rings. The van der Waals surface area contributed by atoms with Crippen molar-refractivity contribution >= 4 is 17.5 Å². The summed E-state index contributed by atoms with van der Waals surface area (Å²) < 4.78 is 7.03. The summed E-state index contributed by atoms with van der Waals surface area (Å²) in [5.74, 6) is -0.0323. The first-order valence-electron chi connectivity index (χ1n) is 9.69. The molecule has 2 amide bonds. The maximum absolute atomic E-state index is 12.4. The number of hydrogen-bond donors (Lipinski definition) is 2. The first-order chi connectivity index (χ1) is 13.1. The number of amides is 2. The molecule has 0 unspecified atom stereocenters. The second-order valence-electron chi connectivity index (χ2n) is 6.44. The predicted octanol–water partition coefficient (Wildman–Crippen LogP) is 2.48. The molecular formula is C20H30N4O3. The van der Waals surface area contributed by atoms with E-state index < -0.39 is 0 Å². The molecule has 0 aliphatic heterocycles. The van der Waals surface area contributed by atoms with Crippen molar-refractivity contribution < 1.29 is 14.3 Å². The summed E-state index contributed by atoms with van der Waals surface area (Å²) in [6.07, 6.45) is 5.78. The average Bonchev–Trinajstić information content (AvgIpc) is 3.00. The van der Waals surface area contributed by atoms with Crippen LogP contribution in [0.4, 0.5) is 0 Å². The highest BCUT2D eigenvalue weighted by molar-refractivity contribution is 5.94. The van der Waals surface area contributed by atoms with Crippen LogP contribution in [0.5, 0.6) is 0 Å². The largest absolute Gasteiger partial charge is 0.382 e. The van der Waals surface area contributed by atoms with Crippen LogP contribution in [0.25, 0.3) is 5.65 Å². The molecule has 7 heteroatoms. The fourth-order valence-corrected chi connectivity index (χ4v) is 2.89. The Bertz CT molecular complexity index is 742. The highest BCUT2D eigenvalue weighted by Crippen LogP contribution is 2.11. The van der Waals surface area contributed by atoms with E-state index in [1.54, 1.807) is 4.40 Å². The van der Waals surface area contributed by atoms with Crippen LogP contribution in [0.3, 0.4) is 0 Å². The van der Waals surface area contributed by atoms with Crippen molar-refractivity contribution in [1.29, 1.82) is 0 Å². The number of imidazole rings is 1. The topological polar surface area (TPSA) is 84.7 Å². The lowest BCUT2D eigenvalue weighted by Gasteiger charge is -2.07. The first kappa shape index (κ1) is 20.9. The number of aryl methyl sites for hydroxylation is 1. The van der Waals surface area contributed by atoms with Crippen LogP contribution >= 0.6 is 0 Å². The van der Waals surface area contributed by atoms with E-state index in [-0.39, 0.29) is 11.8 Å². The van der Waals surface area contributed by atoms with Gasteiger partial charge in [0.05, 0.1) is 5.69 Å². The van der Waals surface area contributed by atoms with Gasteiger partial charge >= 0.3 is 0 Å². The molecule has 2 rings (SSSR count). The van der Waals surface area contributed by atoms with Gasteiger partial charge in [-0.2, -0.15) is 0 Å². The van der Waals surface area contributed by atoms with E-state index >= 15 is 0 Å². The standard InChI is InChI=1S/C20H30N4O3/c1-3-27-15-9-13-21-18(25)11-5-4-7-12-22-20(26)19-16(2)23-17-10-6-8-14-24(17)19/h6,8,10,14H,3-5,7,9,11-13,15H2,1-2H3,(H,21,25)(H,22,26). The Morgan fingerprint density at radius 2 is 1.93 bits per heavy atom. The first-order valence-corrected chi connectivity index (χ1v) is 9.69. The van der Waals surface area contributed by atoms with Crippen molar-refractivity contribution in [2.24, 2.45) is 0 Å². The zero-order chi connectivity index (χ0) is 19.5. The van der Waals surface area contributed by atoms with Crippen LogP contribution < -0.4 is 10.6 Å². The third-order valence-electron chi connectivity index (χ3n) is 4.28. The fourth-order valence-electron chi connectivity index (χ4n) is 2.89. The van der Waals surface area contributed by atoms with Crippen molar-refractivity contribution in [1.82, 2.24) is 20.0 Å². The summed E-state index contributed by atoms with van der Waals surface area (Å²) in [5, 5.41) is 5.84. The van der Waals surface area contributed by atoms with Gasteiger partial charge in [-0.15, -0.1) is 0 Å². The molecule has 0 bridgehead atoms. The number of pyridine rings is 1. The van der Waals surface area contributed by atoms with E-state index in [9.17, 15) is 9.59 Å². The Hall–Kier alpha value is -2.41. The van der Waals surface area contributed by atoms with E-state index in [0.717, 1.165) is 37.0 Å². The minimum absolute atomic E-state index is 0.0805. The Balaban J connectivity index is 1.59. The predicted molar refractivity (Wildman–Crippen MR) is 105 cm³/mol. The lowest BCUT2D eigenvalue weighted by atomic mass is 10.2. The van der Waals surface area contributed by atoms with Crippen molar-refractivity contribution in [3.05, 3.63) is 35.8 Å². The summed E-state index contributed by atoms with van der Waals surface area (Å²) in [5.41, 5.74) is 2.07. The van der Waals surface area contributed by atoms with Gasteiger partial charge in [0.1, 0.15) is 11.3 Å². The Kier molecular flexibility index (Phi) is 8.77. The smallest absolute Gasteiger partial charge is 0.270 e. The number of rotatable bonds is 12. The number of carbonyl (C=O) groups is 2. The number of carbonyl (C=O) groups excluding carboxylic acids is 2. The summed E-state index contributed by atoms with van der Waals surface area (Å²) in [6, 6.07) is 5.66. The fraction of sp³-hybridized carbons (Fsp3) is 0.550. The van der Waals surface area contributed by atoms with Gasteiger partial charge in [0.2, 0.25) is 5.91 Å². The van der Waals surface area contributed by atoms with Gasteiger partial charge in [-0.25, -0.2) is 4.98 Å². The molecule has 0 spiro atoms. The minimum Gasteiger partial charge on any atom is -0.382 e. The number of nitrogens with zero attached hydrogens (tertiary/aromatic N) is 2. The second-order valence-corrected chi connectivity index (χ2v) is 6.44. The molecule has 2 N–H and O–H groups in total. The lowest BCUT2D eigenvalue weighted by Crippen LogP contribution is -2.26. The molecule has 0 aromatic carbocycles. The van der Waals surface area contributed by atoms with Crippen LogP contribution in [-0.2, 0) is 9.53 Å². The second kappa shape index (κ2) is 11.3. The molecule has 2 aromatic heterocycles. The van der Waals surface area contributed by atoms with Gasteiger partial charge in [-0.1, -0.05) is 12.5 Å². The zero-order valence-corrected chi connectivity index (χ0v) is 16.3. The Morgan fingerprint density at radius 1 is 1.11 bits per heavy atom. The lowest BCUT2D eigenvalue weighted by molar-refractivity contribution is -0.121. The number of aromatic nitrogens is 2. The molecule has 0 saturated carbocycles. The van der Waals surface area contributed by atoms with Gasteiger partial charge < -0.3 is 15.4 Å². The Labute approximate surface area is 160 Å². The van der Waals surface area contributed by atoms with E-state index in [2.05, 4.69) is 15.6 Å². The molecule has 2 heterocycles. The summed E-state index contributed by atoms with van der Waals surface area (Å²) in [7, 11) is 0. The van der Waals surface area contributed by atoms with E-state index in [1.165, 1.54) is 0 Å². The third-order valence-corrected chi connectivity index (χ3v) is 4.28. The monoisotopic (exact) mass is 374 g/mol. The normalized spacial score (nSPS) is 10.9. The SMILES string of the molecule is CCOCCCNC(=O)CCCCCNC(=O)c1c(C)nc2ccccn12. The number of ether oxygens (including phenoxy) is 1. The summed E-state index contributed by atoms with van der Waals surface area (Å²) in [4.78, 5) is 28.5. The zero-order valence-electron chi connectivity index (χ0n) is 16.3. The van der Waals surface area contributed by atoms with Crippen LogP contribution in [-0.4, -0.2) is 47.5 Å². The molecule has 0 aliphatic rings. The maximum Gasteiger partial charge on any atom is 0.270 e. The molecule has 7 nitrogen and oxygen atoms in total. The summed E-state index contributed by atoms with van der Waals surface area (Å²) in [6.45, 7) is 6.44. The van der Waals surface area contributed by atoms with Crippen molar-refractivity contribution in [2.75, 3.05) is 26.3 Å². The average molecular weight is 374 g/mol. The van der Waals surface area contributed by atoms with E-state index in [4.69, 9.17) is 4.74 Å². The highest BCUT2D eigenvalue weighted by Gasteiger charge is 2.15. The van der Waals surface area contributed by atoms with Crippen LogP contribution in [0, 0.1) is 6.92 Å². The van der Waals surface area contributed by atoms with Crippen LogP contribution in [0.15, 0.2) is 24.4 Å². The maximum atomic E-state index is 12.4. The number of nitrogens with one attached hydrogen (secondary N) is 2. The Morgan fingerprint density at radius 3 is 2.74 bits per heavy atom. The van der Waals surface area contributed by atoms with Gasteiger partial charge in [-0.3, -0.25) is 14.0 Å². The minimum atomic E-state index is -0.113.